The fourth-order valence-electron chi connectivity index (χ4n) is 0.143. The summed E-state index contributed by atoms with van der Waals surface area (Å²) < 4.78 is 0. The number of hydrogen-bond donors (Lipinski definition) is 3. The van der Waals surface area contributed by atoms with Crippen LogP contribution in [0, 0.1) is 0 Å². The average molecular weight is 133 g/mol. The zero-order valence-corrected chi connectivity index (χ0v) is 5.06. The topological polar surface area (TPSA) is 63.3 Å². The van der Waals surface area contributed by atoms with Crippen molar-refractivity contribution >= 4 is 18.6 Å². The molecule has 8 heavy (non-hydrogen) atoms. The molecular formula is C4H7NO2S. The van der Waals surface area contributed by atoms with E-state index in [2.05, 4.69) is 19.2 Å². The van der Waals surface area contributed by atoms with E-state index in [1.807, 2.05) is 0 Å². The Morgan fingerprint density at radius 2 is 2.25 bits per heavy atom. The Bertz CT molecular complexity index is 109. The smallest absolute Gasteiger partial charge is 0.325 e. The molecule has 0 radical (unpaired) electrons. The van der Waals surface area contributed by atoms with Gasteiger partial charge in [-0.1, -0.05) is 6.58 Å². The molecule has 1 atom stereocenters. The van der Waals surface area contributed by atoms with Crippen molar-refractivity contribution in [1.82, 2.24) is 0 Å². The van der Waals surface area contributed by atoms with Gasteiger partial charge in [0.15, 0.2) is 0 Å². The van der Waals surface area contributed by atoms with Crippen molar-refractivity contribution in [2.45, 2.75) is 6.04 Å². The minimum absolute atomic E-state index is 0.164. The quantitative estimate of drug-likeness (QED) is 0.459. The molecule has 0 bridgehead atoms. The number of aliphatic carboxylic acids is 1. The highest BCUT2D eigenvalue weighted by Crippen LogP contribution is 1.99. The molecule has 4 heteroatoms. The summed E-state index contributed by atoms with van der Waals surface area (Å²) in [5, 5.41) is 8.12. The average Bonchev–Trinajstić information content (AvgIpc) is 1.64. The van der Waals surface area contributed by atoms with E-state index < -0.39 is 12.0 Å². The van der Waals surface area contributed by atoms with Crippen molar-refractivity contribution in [1.29, 1.82) is 0 Å². The van der Waals surface area contributed by atoms with Crippen LogP contribution in [0.2, 0.25) is 0 Å². The standard InChI is InChI=1S/C4H7NO2S/c1-2(8)3(5)4(6)7/h3,8H,1,5H2,(H,6,7). The van der Waals surface area contributed by atoms with Gasteiger partial charge in [-0.2, -0.15) is 0 Å². The fraction of sp³-hybridized carbons (Fsp3) is 0.250. The number of hydrogen-bond acceptors (Lipinski definition) is 3. The van der Waals surface area contributed by atoms with Gasteiger partial charge in [-0.3, -0.25) is 4.79 Å². The monoisotopic (exact) mass is 133 g/mol. The molecule has 0 saturated carbocycles. The predicted molar refractivity (Wildman–Crippen MR) is 33.7 cm³/mol. The van der Waals surface area contributed by atoms with Gasteiger partial charge < -0.3 is 10.8 Å². The van der Waals surface area contributed by atoms with Crippen molar-refractivity contribution in [2.75, 3.05) is 0 Å². The summed E-state index contributed by atoms with van der Waals surface area (Å²) in [5.74, 6) is -1.11. The van der Waals surface area contributed by atoms with Gasteiger partial charge in [-0.15, -0.1) is 12.6 Å². The number of nitrogens with two attached hydrogens (primary N) is 1. The van der Waals surface area contributed by atoms with Gasteiger partial charge >= 0.3 is 5.97 Å². The molecule has 1 unspecified atom stereocenters. The van der Waals surface area contributed by atoms with Crippen molar-refractivity contribution < 1.29 is 9.90 Å². The first-order valence-electron chi connectivity index (χ1n) is 1.92. The molecule has 0 heterocycles. The van der Waals surface area contributed by atoms with Gasteiger partial charge in [0.1, 0.15) is 6.04 Å². The lowest BCUT2D eigenvalue weighted by molar-refractivity contribution is -0.137. The molecule has 0 rings (SSSR count). The van der Waals surface area contributed by atoms with E-state index in [1.54, 1.807) is 0 Å². The third kappa shape index (κ3) is 1.99. The van der Waals surface area contributed by atoms with Crippen LogP contribution < -0.4 is 5.73 Å². The Morgan fingerprint density at radius 3 is 2.25 bits per heavy atom. The zero-order chi connectivity index (χ0) is 6.73. The maximum absolute atomic E-state index is 9.91. The second-order valence-corrected chi connectivity index (χ2v) is 1.88. The van der Waals surface area contributed by atoms with Gasteiger partial charge in [-0.25, -0.2) is 0 Å². The SMILES string of the molecule is C=C(S)C(N)C(=O)O. The van der Waals surface area contributed by atoms with E-state index in [1.165, 1.54) is 0 Å². The van der Waals surface area contributed by atoms with E-state index in [0.29, 0.717) is 0 Å². The number of thiol groups is 1. The molecule has 0 aromatic heterocycles. The van der Waals surface area contributed by atoms with Crippen molar-refractivity contribution in [3.63, 3.8) is 0 Å². The van der Waals surface area contributed by atoms with Crippen LogP contribution in [0.4, 0.5) is 0 Å². The first kappa shape index (κ1) is 7.52. The molecule has 3 N–H and O–H groups in total. The van der Waals surface area contributed by atoms with Crippen LogP contribution in [-0.4, -0.2) is 17.1 Å². The zero-order valence-electron chi connectivity index (χ0n) is 4.16. The molecule has 46 valence electrons. The molecule has 0 spiro atoms. The van der Waals surface area contributed by atoms with Crippen molar-refractivity contribution in [3.05, 3.63) is 11.5 Å². The maximum atomic E-state index is 9.91. The van der Waals surface area contributed by atoms with Crippen LogP contribution in [0.25, 0.3) is 0 Å². The number of rotatable bonds is 2. The third-order valence-electron chi connectivity index (χ3n) is 0.625. The summed E-state index contributed by atoms with van der Waals surface area (Å²) in [4.78, 5) is 10.1. The summed E-state index contributed by atoms with van der Waals surface area (Å²) in [7, 11) is 0. The van der Waals surface area contributed by atoms with E-state index in [9.17, 15) is 4.79 Å². The maximum Gasteiger partial charge on any atom is 0.325 e. The summed E-state index contributed by atoms with van der Waals surface area (Å²) >= 11 is 3.63. The Morgan fingerprint density at radius 1 is 1.88 bits per heavy atom. The van der Waals surface area contributed by atoms with Crippen molar-refractivity contribution in [3.8, 4) is 0 Å². The Kier molecular flexibility index (Phi) is 2.57. The van der Waals surface area contributed by atoms with Gasteiger partial charge in [0, 0.05) is 4.91 Å². The number of carboxylic acid groups (broad SMARTS) is 1. The normalized spacial score (nSPS) is 12.8. The number of carbonyl (C=O) groups is 1. The molecular weight excluding hydrogens is 126 g/mol. The van der Waals surface area contributed by atoms with Crippen LogP contribution in [0.5, 0.6) is 0 Å². The highest BCUT2D eigenvalue weighted by Gasteiger charge is 2.10. The van der Waals surface area contributed by atoms with Crippen molar-refractivity contribution in [2.24, 2.45) is 5.73 Å². The van der Waals surface area contributed by atoms with E-state index >= 15 is 0 Å². The lowest BCUT2D eigenvalue weighted by atomic mass is 10.3. The van der Waals surface area contributed by atoms with Gasteiger partial charge in [0.25, 0.3) is 0 Å². The highest BCUT2D eigenvalue weighted by atomic mass is 32.1. The Balaban J connectivity index is 3.83. The summed E-state index contributed by atoms with van der Waals surface area (Å²) in [6.07, 6.45) is 0. The molecule has 0 aliphatic heterocycles. The second-order valence-electron chi connectivity index (χ2n) is 1.31. The fourth-order valence-corrected chi connectivity index (χ4v) is 0.253. The molecule has 3 nitrogen and oxygen atoms in total. The van der Waals surface area contributed by atoms with Gasteiger partial charge in [0.05, 0.1) is 0 Å². The first-order chi connectivity index (χ1) is 3.55. The van der Waals surface area contributed by atoms with Crippen LogP contribution in [0.15, 0.2) is 11.5 Å². The predicted octanol–water partition coefficient (Wildman–Crippen LogP) is -0.158. The molecule has 0 fully saturated rings. The van der Waals surface area contributed by atoms with Crippen LogP contribution in [0.3, 0.4) is 0 Å². The largest absolute Gasteiger partial charge is 0.480 e. The molecule has 0 amide bonds. The molecule has 0 aliphatic rings. The van der Waals surface area contributed by atoms with Crippen LogP contribution in [0.1, 0.15) is 0 Å². The lowest BCUT2D eigenvalue weighted by Crippen LogP contribution is -2.29. The molecule has 0 aromatic carbocycles. The van der Waals surface area contributed by atoms with Gasteiger partial charge in [-0.05, 0) is 0 Å². The van der Waals surface area contributed by atoms with Crippen LogP contribution >= 0.6 is 12.6 Å². The minimum atomic E-state index is -1.11. The summed E-state index contributed by atoms with van der Waals surface area (Å²) in [6, 6.07) is -1.04. The van der Waals surface area contributed by atoms with E-state index in [0.717, 1.165) is 0 Å². The molecule has 0 aliphatic carbocycles. The minimum Gasteiger partial charge on any atom is -0.480 e. The summed E-state index contributed by atoms with van der Waals surface area (Å²) in [5.41, 5.74) is 4.98. The van der Waals surface area contributed by atoms with Crippen LogP contribution in [-0.2, 0) is 4.79 Å². The second kappa shape index (κ2) is 2.74. The number of carboxylic acids is 1. The third-order valence-corrected chi connectivity index (χ3v) is 0.903. The lowest BCUT2D eigenvalue weighted by Gasteiger charge is -2.00. The van der Waals surface area contributed by atoms with E-state index in [-0.39, 0.29) is 4.91 Å². The Labute approximate surface area is 52.6 Å². The molecule has 0 aromatic rings. The highest BCUT2D eigenvalue weighted by molar-refractivity contribution is 7.84. The Hall–Kier alpha value is -0.480. The first-order valence-corrected chi connectivity index (χ1v) is 2.36. The van der Waals surface area contributed by atoms with Gasteiger partial charge in [0.2, 0.25) is 0 Å². The van der Waals surface area contributed by atoms with E-state index in [4.69, 9.17) is 10.8 Å². The summed E-state index contributed by atoms with van der Waals surface area (Å²) in [6.45, 7) is 3.23. The molecule has 0 saturated heterocycles.